The van der Waals surface area contributed by atoms with Gasteiger partial charge in [0.15, 0.2) is 0 Å². The van der Waals surface area contributed by atoms with E-state index in [0.717, 1.165) is 5.56 Å². The SMILES string of the molecule is CC(CN(C)CC(=O)NCc1ccc(Cl)cc1)C(=O)O. The van der Waals surface area contributed by atoms with E-state index in [1.807, 2.05) is 12.1 Å². The Kier molecular flexibility index (Phi) is 6.48. The number of amides is 1. The first kappa shape index (κ1) is 16.5. The maximum absolute atomic E-state index is 11.7. The number of aliphatic carboxylic acids is 1. The quantitative estimate of drug-likeness (QED) is 0.802. The van der Waals surface area contributed by atoms with Crippen molar-refractivity contribution in [2.45, 2.75) is 13.5 Å². The van der Waals surface area contributed by atoms with Crippen LogP contribution in [0, 0.1) is 5.92 Å². The van der Waals surface area contributed by atoms with E-state index < -0.39 is 11.9 Å². The lowest BCUT2D eigenvalue weighted by molar-refractivity contribution is -0.142. The summed E-state index contributed by atoms with van der Waals surface area (Å²) in [6, 6.07) is 7.23. The van der Waals surface area contributed by atoms with Gasteiger partial charge in [0.05, 0.1) is 12.5 Å². The van der Waals surface area contributed by atoms with Gasteiger partial charge in [-0.25, -0.2) is 0 Å². The zero-order valence-corrected chi connectivity index (χ0v) is 12.4. The molecular weight excluding hydrogens is 280 g/mol. The molecule has 0 saturated heterocycles. The monoisotopic (exact) mass is 298 g/mol. The Morgan fingerprint density at radius 2 is 1.95 bits per heavy atom. The molecule has 6 heteroatoms. The molecule has 1 aromatic rings. The highest BCUT2D eigenvalue weighted by atomic mass is 35.5. The molecule has 0 aliphatic carbocycles. The average molecular weight is 299 g/mol. The van der Waals surface area contributed by atoms with E-state index in [1.54, 1.807) is 31.0 Å². The molecule has 110 valence electrons. The van der Waals surface area contributed by atoms with Crippen LogP contribution < -0.4 is 5.32 Å². The zero-order valence-electron chi connectivity index (χ0n) is 11.6. The fourth-order valence-corrected chi connectivity index (χ4v) is 1.84. The highest BCUT2D eigenvalue weighted by molar-refractivity contribution is 6.30. The van der Waals surface area contributed by atoms with E-state index in [9.17, 15) is 9.59 Å². The summed E-state index contributed by atoms with van der Waals surface area (Å²) in [6.07, 6.45) is 0. The molecule has 2 N–H and O–H groups in total. The summed E-state index contributed by atoms with van der Waals surface area (Å²) >= 11 is 5.78. The third-order valence-corrected chi connectivity index (χ3v) is 3.08. The van der Waals surface area contributed by atoms with Crippen LogP contribution >= 0.6 is 11.6 Å². The van der Waals surface area contributed by atoms with E-state index >= 15 is 0 Å². The van der Waals surface area contributed by atoms with E-state index in [2.05, 4.69) is 5.32 Å². The summed E-state index contributed by atoms with van der Waals surface area (Å²) < 4.78 is 0. The topological polar surface area (TPSA) is 69.6 Å². The molecule has 1 atom stereocenters. The molecule has 0 spiro atoms. The number of carboxylic acids is 1. The summed E-state index contributed by atoms with van der Waals surface area (Å²) in [7, 11) is 1.72. The van der Waals surface area contributed by atoms with Gasteiger partial charge in [0.25, 0.3) is 0 Å². The Morgan fingerprint density at radius 1 is 1.35 bits per heavy atom. The van der Waals surface area contributed by atoms with Gasteiger partial charge in [-0.3, -0.25) is 14.5 Å². The Labute approximate surface area is 123 Å². The number of benzene rings is 1. The molecule has 0 bridgehead atoms. The van der Waals surface area contributed by atoms with Gasteiger partial charge in [0.1, 0.15) is 0 Å². The van der Waals surface area contributed by atoms with E-state index in [-0.39, 0.29) is 12.5 Å². The van der Waals surface area contributed by atoms with Crippen molar-refractivity contribution in [1.82, 2.24) is 10.2 Å². The van der Waals surface area contributed by atoms with Crippen molar-refractivity contribution in [1.29, 1.82) is 0 Å². The van der Waals surface area contributed by atoms with Crippen molar-refractivity contribution in [2.24, 2.45) is 5.92 Å². The Hall–Kier alpha value is -1.59. The second-order valence-electron chi connectivity index (χ2n) is 4.84. The third-order valence-electron chi connectivity index (χ3n) is 2.82. The second kappa shape index (κ2) is 7.87. The number of nitrogens with one attached hydrogen (secondary N) is 1. The van der Waals surface area contributed by atoms with Gasteiger partial charge in [-0.05, 0) is 24.7 Å². The molecule has 0 fully saturated rings. The lowest BCUT2D eigenvalue weighted by atomic mass is 10.2. The predicted octanol–water partition coefficient (Wildman–Crippen LogP) is 1.61. The molecule has 0 radical (unpaired) electrons. The average Bonchev–Trinajstić information content (AvgIpc) is 2.37. The van der Waals surface area contributed by atoms with Crippen LogP contribution in [0.1, 0.15) is 12.5 Å². The van der Waals surface area contributed by atoms with Crippen LogP contribution in [0.15, 0.2) is 24.3 Å². The number of carbonyl (C=O) groups is 2. The summed E-state index contributed by atoms with van der Waals surface area (Å²) in [4.78, 5) is 24.1. The normalized spacial score (nSPS) is 12.2. The van der Waals surface area contributed by atoms with Crippen LogP contribution in [0.25, 0.3) is 0 Å². The van der Waals surface area contributed by atoms with Gasteiger partial charge in [0.2, 0.25) is 5.91 Å². The molecule has 1 aromatic carbocycles. The standard InChI is InChI=1S/C14H19ClN2O3/c1-10(14(19)20)8-17(2)9-13(18)16-7-11-3-5-12(15)6-4-11/h3-6,10H,7-9H2,1-2H3,(H,16,18)(H,19,20). The second-order valence-corrected chi connectivity index (χ2v) is 5.28. The molecule has 20 heavy (non-hydrogen) atoms. The number of rotatable bonds is 7. The summed E-state index contributed by atoms with van der Waals surface area (Å²) in [5.41, 5.74) is 0.962. The van der Waals surface area contributed by atoms with Crippen molar-refractivity contribution in [3.63, 3.8) is 0 Å². The number of halogens is 1. The van der Waals surface area contributed by atoms with Gasteiger partial charge in [-0.1, -0.05) is 30.7 Å². The van der Waals surface area contributed by atoms with Crippen LogP contribution in [0.3, 0.4) is 0 Å². The minimum absolute atomic E-state index is 0.139. The summed E-state index contributed by atoms with van der Waals surface area (Å²) in [5, 5.41) is 12.2. The maximum atomic E-state index is 11.7. The largest absolute Gasteiger partial charge is 0.481 e. The number of hydrogen-bond donors (Lipinski definition) is 2. The lowest BCUT2D eigenvalue weighted by Gasteiger charge is -2.18. The molecular formula is C14H19ClN2O3. The molecule has 1 unspecified atom stereocenters. The summed E-state index contributed by atoms with van der Waals surface area (Å²) in [6.45, 7) is 2.55. The third kappa shape index (κ3) is 6.04. The highest BCUT2D eigenvalue weighted by Crippen LogP contribution is 2.09. The van der Waals surface area contributed by atoms with Gasteiger partial charge in [-0.2, -0.15) is 0 Å². The van der Waals surface area contributed by atoms with Crippen LogP contribution in [0.2, 0.25) is 5.02 Å². The van der Waals surface area contributed by atoms with Gasteiger partial charge >= 0.3 is 5.97 Å². The molecule has 0 saturated carbocycles. The number of nitrogens with zero attached hydrogens (tertiary/aromatic N) is 1. The Balaban J connectivity index is 2.32. The minimum Gasteiger partial charge on any atom is -0.481 e. The predicted molar refractivity (Wildman–Crippen MR) is 77.6 cm³/mol. The number of hydrogen-bond acceptors (Lipinski definition) is 3. The van der Waals surface area contributed by atoms with E-state index in [0.29, 0.717) is 18.1 Å². The van der Waals surface area contributed by atoms with Crippen molar-refractivity contribution < 1.29 is 14.7 Å². The van der Waals surface area contributed by atoms with Crippen LogP contribution in [0.4, 0.5) is 0 Å². The maximum Gasteiger partial charge on any atom is 0.307 e. The Morgan fingerprint density at radius 3 is 2.50 bits per heavy atom. The molecule has 5 nitrogen and oxygen atoms in total. The molecule has 0 aromatic heterocycles. The fourth-order valence-electron chi connectivity index (χ4n) is 1.71. The fraction of sp³-hybridized carbons (Fsp3) is 0.429. The smallest absolute Gasteiger partial charge is 0.307 e. The van der Waals surface area contributed by atoms with Gasteiger partial charge in [-0.15, -0.1) is 0 Å². The van der Waals surface area contributed by atoms with E-state index in [4.69, 9.17) is 16.7 Å². The van der Waals surface area contributed by atoms with Crippen molar-refractivity contribution in [2.75, 3.05) is 20.1 Å². The highest BCUT2D eigenvalue weighted by Gasteiger charge is 2.15. The zero-order chi connectivity index (χ0) is 15.1. The van der Waals surface area contributed by atoms with Crippen molar-refractivity contribution in [3.8, 4) is 0 Å². The van der Waals surface area contributed by atoms with E-state index in [1.165, 1.54) is 0 Å². The number of likely N-dealkylation sites (N-methyl/N-ethyl adjacent to an activating group) is 1. The lowest BCUT2D eigenvalue weighted by Crippen LogP contribution is -2.38. The molecule has 0 heterocycles. The molecule has 0 aliphatic heterocycles. The summed E-state index contributed by atoms with van der Waals surface area (Å²) in [5.74, 6) is -1.50. The number of carbonyl (C=O) groups excluding carboxylic acids is 1. The first-order chi connectivity index (χ1) is 9.38. The van der Waals surface area contributed by atoms with Crippen LogP contribution in [0.5, 0.6) is 0 Å². The van der Waals surface area contributed by atoms with Gasteiger partial charge < -0.3 is 10.4 Å². The minimum atomic E-state index is -0.863. The first-order valence-electron chi connectivity index (χ1n) is 6.31. The first-order valence-corrected chi connectivity index (χ1v) is 6.68. The van der Waals surface area contributed by atoms with Crippen molar-refractivity contribution >= 4 is 23.5 Å². The van der Waals surface area contributed by atoms with Crippen LogP contribution in [-0.4, -0.2) is 42.0 Å². The molecule has 1 rings (SSSR count). The molecule has 0 aliphatic rings. The Bertz CT molecular complexity index is 462. The number of carboxylic acid groups (broad SMARTS) is 1. The van der Waals surface area contributed by atoms with Crippen molar-refractivity contribution in [3.05, 3.63) is 34.9 Å². The van der Waals surface area contributed by atoms with Crippen LogP contribution in [-0.2, 0) is 16.1 Å². The molecule has 1 amide bonds. The van der Waals surface area contributed by atoms with Gasteiger partial charge in [0, 0.05) is 18.1 Å².